The van der Waals surface area contributed by atoms with Crippen molar-refractivity contribution in [2.75, 3.05) is 0 Å². The van der Waals surface area contributed by atoms with Crippen molar-refractivity contribution in [3.05, 3.63) is 34.9 Å². The lowest BCUT2D eigenvalue weighted by atomic mass is 10.2. The van der Waals surface area contributed by atoms with E-state index in [9.17, 15) is 14.4 Å². The van der Waals surface area contributed by atoms with E-state index in [1.54, 1.807) is 24.3 Å². The first-order chi connectivity index (χ1) is 8.08. The van der Waals surface area contributed by atoms with Crippen LogP contribution in [-0.4, -0.2) is 22.7 Å². The minimum atomic E-state index is -0.703. The topological polar surface area (TPSA) is 66.5 Å². The Morgan fingerprint density at radius 2 is 1.94 bits per heavy atom. The molecule has 0 bridgehead atoms. The number of amides is 4. The monoisotopic (exact) mass is 252 g/mol. The molecule has 1 heterocycles. The molecule has 1 aromatic carbocycles. The summed E-state index contributed by atoms with van der Waals surface area (Å²) in [6.45, 7) is 0.0671. The number of carbonyl (C=O) groups excluding carboxylic acids is 3. The van der Waals surface area contributed by atoms with E-state index in [1.165, 1.54) is 0 Å². The van der Waals surface area contributed by atoms with Crippen LogP contribution < -0.4 is 5.32 Å². The van der Waals surface area contributed by atoms with Gasteiger partial charge in [0.25, 0.3) is 0 Å². The summed E-state index contributed by atoms with van der Waals surface area (Å²) >= 11 is 5.93. The molecule has 6 heteroatoms. The molecule has 0 atom stereocenters. The summed E-state index contributed by atoms with van der Waals surface area (Å²) in [5.74, 6) is -1.09. The van der Waals surface area contributed by atoms with Gasteiger partial charge >= 0.3 is 6.03 Å². The molecule has 1 saturated heterocycles. The highest BCUT2D eigenvalue weighted by Gasteiger charge is 2.30. The van der Waals surface area contributed by atoms with E-state index in [2.05, 4.69) is 5.32 Å². The molecule has 1 N–H and O–H groups in total. The van der Waals surface area contributed by atoms with E-state index in [0.29, 0.717) is 10.6 Å². The van der Waals surface area contributed by atoms with Gasteiger partial charge in [-0.25, -0.2) is 4.79 Å². The molecule has 0 unspecified atom stereocenters. The maximum Gasteiger partial charge on any atom is 0.331 e. The van der Waals surface area contributed by atoms with Crippen LogP contribution in [0.4, 0.5) is 4.79 Å². The van der Waals surface area contributed by atoms with Crippen molar-refractivity contribution in [1.82, 2.24) is 10.2 Å². The van der Waals surface area contributed by atoms with E-state index in [1.807, 2.05) is 0 Å². The second kappa shape index (κ2) is 4.55. The quantitative estimate of drug-likeness (QED) is 0.807. The first-order valence-corrected chi connectivity index (χ1v) is 5.33. The number of rotatable bonds is 2. The maximum atomic E-state index is 11.5. The molecule has 88 valence electrons. The van der Waals surface area contributed by atoms with Crippen molar-refractivity contribution < 1.29 is 14.4 Å². The third kappa shape index (κ3) is 2.45. The first kappa shape index (κ1) is 11.6. The van der Waals surface area contributed by atoms with E-state index in [-0.39, 0.29) is 13.0 Å². The Morgan fingerprint density at radius 3 is 2.59 bits per heavy atom. The van der Waals surface area contributed by atoms with Crippen LogP contribution in [0.1, 0.15) is 12.0 Å². The van der Waals surface area contributed by atoms with Crippen LogP contribution in [-0.2, 0) is 16.1 Å². The van der Waals surface area contributed by atoms with Gasteiger partial charge in [0.05, 0.1) is 6.54 Å². The molecule has 1 aliphatic rings. The van der Waals surface area contributed by atoms with Gasteiger partial charge < -0.3 is 0 Å². The van der Waals surface area contributed by atoms with Crippen molar-refractivity contribution in [3.63, 3.8) is 0 Å². The molecule has 1 aromatic rings. The Balaban J connectivity index is 2.19. The number of halogens is 1. The van der Waals surface area contributed by atoms with Crippen molar-refractivity contribution in [1.29, 1.82) is 0 Å². The van der Waals surface area contributed by atoms with Gasteiger partial charge in [-0.15, -0.1) is 0 Å². The van der Waals surface area contributed by atoms with Gasteiger partial charge in [0.1, 0.15) is 6.42 Å². The number of hydrogen-bond acceptors (Lipinski definition) is 3. The number of imide groups is 2. The molecular formula is C11H9ClN2O3. The Hall–Kier alpha value is -1.88. The number of hydrogen-bond donors (Lipinski definition) is 1. The number of urea groups is 1. The van der Waals surface area contributed by atoms with E-state index < -0.39 is 17.8 Å². The number of carbonyl (C=O) groups is 3. The van der Waals surface area contributed by atoms with Crippen molar-refractivity contribution in [2.24, 2.45) is 0 Å². The van der Waals surface area contributed by atoms with Gasteiger partial charge in [0.15, 0.2) is 0 Å². The van der Waals surface area contributed by atoms with Gasteiger partial charge in [0.2, 0.25) is 11.8 Å². The molecule has 17 heavy (non-hydrogen) atoms. The predicted molar refractivity (Wildman–Crippen MR) is 60.2 cm³/mol. The van der Waals surface area contributed by atoms with Crippen LogP contribution >= 0.6 is 11.6 Å². The zero-order valence-electron chi connectivity index (χ0n) is 8.77. The minimum absolute atomic E-state index is 0.0671. The summed E-state index contributed by atoms with van der Waals surface area (Å²) in [7, 11) is 0. The van der Waals surface area contributed by atoms with Crippen LogP contribution in [0, 0.1) is 0 Å². The lowest BCUT2D eigenvalue weighted by Crippen LogP contribution is -2.52. The van der Waals surface area contributed by atoms with Crippen LogP contribution in [0.2, 0.25) is 5.02 Å². The highest BCUT2D eigenvalue weighted by Crippen LogP contribution is 2.18. The van der Waals surface area contributed by atoms with E-state index in [4.69, 9.17) is 11.6 Å². The number of benzene rings is 1. The van der Waals surface area contributed by atoms with Gasteiger partial charge in [-0.2, -0.15) is 0 Å². The Bertz CT molecular complexity index is 481. The van der Waals surface area contributed by atoms with Gasteiger partial charge in [-0.05, 0) is 11.6 Å². The highest BCUT2D eigenvalue weighted by molar-refractivity contribution is 6.31. The molecule has 0 aliphatic carbocycles. The zero-order valence-corrected chi connectivity index (χ0v) is 9.53. The smallest absolute Gasteiger partial charge is 0.277 e. The predicted octanol–water partition coefficient (Wildman–Crippen LogP) is 1.31. The Morgan fingerprint density at radius 1 is 1.24 bits per heavy atom. The van der Waals surface area contributed by atoms with E-state index >= 15 is 0 Å². The maximum absolute atomic E-state index is 11.5. The molecule has 5 nitrogen and oxygen atoms in total. The zero-order chi connectivity index (χ0) is 12.4. The SMILES string of the molecule is O=C1CC(=O)N(Cc2ccccc2Cl)C(=O)N1. The minimum Gasteiger partial charge on any atom is -0.277 e. The second-order valence-corrected chi connectivity index (χ2v) is 4.01. The fourth-order valence-electron chi connectivity index (χ4n) is 1.53. The normalized spacial score (nSPS) is 16.1. The summed E-state index contributed by atoms with van der Waals surface area (Å²) in [5.41, 5.74) is 0.659. The van der Waals surface area contributed by atoms with Crippen molar-refractivity contribution in [3.8, 4) is 0 Å². The Labute approximate surface area is 102 Å². The summed E-state index contributed by atoms with van der Waals surface area (Å²) in [6, 6.07) is 6.21. The first-order valence-electron chi connectivity index (χ1n) is 4.95. The molecule has 2 rings (SSSR count). The molecule has 0 aromatic heterocycles. The standard InChI is InChI=1S/C11H9ClN2O3/c12-8-4-2-1-3-7(8)6-14-10(16)5-9(15)13-11(14)17/h1-4H,5-6H2,(H,13,15,17). The van der Waals surface area contributed by atoms with Gasteiger partial charge in [0, 0.05) is 5.02 Å². The van der Waals surface area contributed by atoms with Crippen LogP contribution in [0.15, 0.2) is 24.3 Å². The average Bonchev–Trinajstić information content (AvgIpc) is 2.25. The fourth-order valence-corrected chi connectivity index (χ4v) is 1.73. The molecule has 1 aliphatic heterocycles. The lowest BCUT2D eigenvalue weighted by molar-refractivity contribution is -0.136. The summed E-state index contributed by atoms with van der Waals surface area (Å²) in [4.78, 5) is 34.9. The summed E-state index contributed by atoms with van der Waals surface area (Å²) in [6.07, 6.45) is -0.309. The third-order valence-corrected chi connectivity index (χ3v) is 2.76. The summed E-state index contributed by atoms with van der Waals surface area (Å²) in [5, 5.41) is 2.56. The molecule has 0 spiro atoms. The third-order valence-electron chi connectivity index (χ3n) is 2.39. The van der Waals surface area contributed by atoms with Crippen molar-refractivity contribution in [2.45, 2.75) is 13.0 Å². The van der Waals surface area contributed by atoms with Gasteiger partial charge in [-0.1, -0.05) is 29.8 Å². The van der Waals surface area contributed by atoms with Crippen molar-refractivity contribution >= 4 is 29.4 Å². The second-order valence-electron chi connectivity index (χ2n) is 3.60. The largest absolute Gasteiger partial charge is 0.331 e. The molecule has 0 radical (unpaired) electrons. The fraction of sp³-hybridized carbons (Fsp3) is 0.182. The summed E-state index contributed by atoms with van der Waals surface area (Å²) < 4.78 is 0. The molecule has 4 amide bonds. The van der Waals surface area contributed by atoms with Crippen LogP contribution in [0.25, 0.3) is 0 Å². The highest BCUT2D eigenvalue weighted by atomic mass is 35.5. The lowest BCUT2D eigenvalue weighted by Gasteiger charge is -2.24. The van der Waals surface area contributed by atoms with E-state index in [0.717, 1.165) is 4.90 Å². The molecule has 1 fully saturated rings. The molecule has 0 saturated carbocycles. The number of nitrogens with zero attached hydrogens (tertiary/aromatic N) is 1. The number of nitrogens with one attached hydrogen (secondary N) is 1. The van der Waals surface area contributed by atoms with Crippen LogP contribution in [0.3, 0.4) is 0 Å². The Kier molecular flexibility index (Phi) is 3.10. The van der Waals surface area contributed by atoms with Gasteiger partial charge in [-0.3, -0.25) is 19.8 Å². The van der Waals surface area contributed by atoms with Crippen LogP contribution in [0.5, 0.6) is 0 Å². The average molecular weight is 253 g/mol. The molecular weight excluding hydrogens is 244 g/mol. The number of barbiturate groups is 1.